The number of allylic oxidation sites excluding steroid dienone is 1. The molecule has 0 saturated heterocycles. The van der Waals surface area contributed by atoms with Gasteiger partial charge in [-0.3, -0.25) is 0 Å². The number of aromatic nitrogens is 2. The Bertz CT molecular complexity index is 970. The summed E-state index contributed by atoms with van der Waals surface area (Å²) < 4.78 is 47.4. The van der Waals surface area contributed by atoms with Crippen LogP contribution < -0.4 is 4.74 Å². The molecule has 8 heteroatoms. The maximum Gasteiger partial charge on any atom is 0.268 e. The predicted octanol–water partition coefficient (Wildman–Crippen LogP) is 7.65. The van der Waals surface area contributed by atoms with Crippen molar-refractivity contribution < 1.29 is 17.9 Å². The molecule has 0 aliphatic heterocycles. The summed E-state index contributed by atoms with van der Waals surface area (Å²) in [6.07, 6.45) is 7.18. The highest BCUT2D eigenvalue weighted by Gasteiger charge is 2.32. The van der Waals surface area contributed by atoms with E-state index >= 15 is 0 Å². The standard InChI is InChI=1S/C21H21ClF3N3O.C4H10/c1-13(21(3,24)25)11-28(16-5-6-16)14(2)17-7-4-15(10-18(17)23)12-29-19-8-9-26-20(22)27-19;1-3-4-2/h4,7-11,16H,2,5-6,12H2,1,3H3;3-4H2,1-2H3/b13-11+;. The average Bonchev–Trinajstić information content (AvgIpc) is 3.60. The number of rotatable bonds is 9. The lowest BCUT2D eigenvalue weighted by molar-refractivity contribution is 0.0619. The van der Waals surface area contributed by atoms with Crippen LogP contribution >= 0.6 is 11.6 Å². The first-order chi connectivity index (χ1) is 15.6. The molecule has 1 aliphatic carbocycles. The Morgan fingerprint density at radius 1 is 1.27 bits per heavy atom. The van der Waals surface area contributed by atoms with Crippen LogP contribution in [0.25, 0.3) is 5.70 Å². The minimum atomic E-state index is -2.95. The average molecular weight is 482 g/mol. The Morgan fingerprint density at radius 3 is 2.45 bits per heavy atom. The fourth-order valence-electron chi connectivity index (χ4n) is 2.66. The van der Waals surface area contributed by atoms with Crippen LogP contribution in [0.3, 0.4) is 0 Å². The Morgan fingerprint density at radius 2 is 1.94 bits per heavy atom. The van der Waals surface area contributed by atoms with Gasteiger partial charge in [-0.25, -0.2) is 18.2 Å². The van der Waals surface area contributed by atoms with Crippen molar-refractivity contribution in [2.75, 3.05) is 0 Å². The second kappa shape index (κ2) is 12.1. The summed E-state index contributed by atoms with van der Waals surface area (Å²) in [4.78, 5) is 9.31. The number of benzene rings is 1. The zero-order valence-corrected chi connectivity index (χ0v) is 20.3. The molecule has 4 nitrogen and oxygen atoms in total. The van der Waals surface area contributed by atoms with E-state index in [4.69, 9.17) is 16.3 Å². The van der Waals surface area contributed by atoms with Gasteiger partial charge >= 0.3 is 0 Å². The van der Waals surface area contributed by atoms with Gasteiger partial charge in [0.15, 0.2) is 0 Å². The summed E-state index contributed by atoms with van der Waals surface area (Å²) in [6.45, 7) is 10.6. The molecule has 33 heavy (non-hydrogen) atoms. The van der Waals surface area contributed by atoms with Crippen molar-refractivity contribution in [3.63, 3.8) is 0 Å². The molecule has 1 saturated carbocycles. The van der Waals surface area contributed by atoms with Crippen molar-refractivity contribution in [2.24, 2.45) is 0 Å². The monoisotopic (exact) mass is 481 g/mol. The van der Waals surface area contributed by atoms with E-state index in [1.165, 1.54) is 38.2 Å². The third-order valence-electron chi connectivity index (χ3n) is 5.11. The molecule has 0 spiro atoms. The highest BCUT2D eigenvalue weighted by Crippen LogP contribution is 2.36. The van der Waals surface area contributed by atoms with E-state index < -0.39 is 11.7 Å². The van der Waals surface area contributed by atoms with E-state index in [2.05, 4.69) is 30.4 Å². The van der Waals surface area contributed by atoms with Gasteiger partial charge in [-0.2, -0.15) is 4.98 Å². The van der Waals surface area contributed by atoms with Gasteiger partial charge in [-0.05, 0) is 49.1 Å². The zero-order valence-electron chi connectivity index (χ0n) is 19.5. The number of hydrogen-bond acceptors (Lipinski definition) is 4. The first-order valence-corrected chi connectivity index (χ1v) is 11.4. The van der Waals surface area contributed by atoms with Gasteiger partial charge in [0.05, 0.1) is 0 Å². The SMILES string of the molecule is C=C(c1ccc(COc2ccnc(Cl)n2)cc1F)N(/C=C(\C)C(C)(F)F)C1CC1.CCCC. The lowest BCUT2D eigenvalue weighted by Gasteiger charge is -2.25. The smallest absolute Gasteiger partial charge is 0.268 e. The number of ether oxygens (including phenoxy) is 1. The fraction of sp³-hybridized carbons (Fsp3) is 0.440. The number of alkyl halides is 2. The second-order valence-electron chi connectivity index (χ2n) is 8.05. The van der Waals surface area contributed by atoms with Crippen LogP contribution in [0.4, 0.5) is 13.2 Å². The Kier molecular flexibility index (Phi) is 9.77. The number of unbranched alkanes of at least 4 members (excludes halogenated alkanes) is 1. The van der Waals surface area contributed by atoms with Crippen molar-refractivity contribution in [1.29, 1.82) is 0 Å². The Labute approximate surface area is 199 Å². The third-order valence-corrected chi connectivity index (χ3v) is 5.29. The minimum absolute atomic E-state index is 0.0569. The highest BCUT2D eigenvalue weighted by molar-refractivity contribution is 6.28. The molecule has 0 atom stereocenters. The van der Waals surface area contributed by atoms with Crippen LogP contribution in [0.5, 0.6) is 5.88 Å². The van der Waals surface area contributed by atoms with Crippen LogP contribution in [0.15, 0.2) is 48.8 Å². The maximum absolute atomic E-state index is 14.7. The van der Waals surface area contributed by atoms with E-state index in [0.717, 1.165) is 19.8 Å². The molecule has 1 aromatic heterocycles. The fourth-order valence-corrected chi connectivity index (χ4v) is 2.80. The molecule has 180 valence electrons. The van der Waals surface area contributed by atoms with Gasteiger partial charge in [-0.15, -0.1) is 0 Å². The lowest BCUT2D eigenvalue weighted by atomic mass is 10.1. The molecule has 1 aliphatic rings. The maximum atomic E-state index is 14.7. The summed E-state index contributed by atoms with van der Waals surface area (Å²) >= 11 is 5.70. The molecular formula is C25H31ClF3N3O. The zero-order chi connectivity index (χ0) is 24.6. The summed E-state index contributed by atoms with van der Waals surface area (Å²) in [6, 6.07) is 6.21. The quantitative estimate of drug-likeness (QED) is 0.345. The Hall–Kier alpha value is -2.54. The van der Waals surface area contributed by atoms with Gasteiger partial charge in [0.2, 0.25) is 11.2 Å². The Balaban J connectivity index is 0.000000890. The molecule has 1 fully saturated rings. The van der Waals surface area contributed by atoms with Crippen molar-refractivity contribution >= 4 is 17.3 Å². The summed E-state index contributed by atoms with van der Waals surface area (Å²) in [5.74, 6) is -3.17. The van der Waals surface area contributed by atoms with E-state index in [1.807, 2.05) is 0 Å². The first-order valence-electron chi connectivity index (χ1n) is 11.0. The highest BCUT2D eigenvalue weighted by atomic mass is 35.5. The number of halogens is 4. The van der Waals surface area contributed by atoms with Crippen LogP contribution in [0.2, 0.25) is 5.28 Å². The van der Waals surface area contributed by atoms with Crippen LogP contribution in [0, 0.1) is 5.82 Å². The van der Waals surface area contributed by atoms with Gasteiger partial charge in [0, 0.05) is 48.3 Å². The van der Waals surface area contributed by atoms with Gasteiger partial charge < -0.3 is 9.64 Å². The lowest BCUT2D eigenvalue weighted by Crippen LogP contribution is -2.22. The third kappa shape index (κ3) is 8.39. The van der Waals surface area contributed by atoms with Crippen LogP contribution in [-0.4, -0.2) is 26.8 Å². The molecule has 0 unspecified atom stereocenters. The molecule has 0 bridgehead atoms. The van der Waals surface area contributed by atoms with Crippen LogP contribution in [0.1, 0.15) is 64.5 Å². The molecular weight excluding hydrogens is 451 g/mol. The predicted molar refractivity (Wildman–Crippen MR) is 127 cm³/mol. The van der Waals surface area contributed by atoms with Gasteiger partial charge in [-0.1, -0.05) is 39.3 Å². The molecule has 0 amide bonds. The first kappa shape index (κ1) is 26.7. The van der Waals surface area contributed by atoms with E-state index in [-0.39, 0.29) is 34.9 Å². The molecule has 0 N–H and O–H groups in total. The van der Waals surface area contributed by atoms with Crippen molar-refractivity contribution in [1.82, 2.24) is 14.9 Å². The summed E-state index contributed by atoms with van der Waals surface area (Å²) in [7, 11) is 0. The molecule has 0 radical (unpaired) electrons. The number of nitrogens with zero attached hydrogens (tertiary/aromatic N) is 3. The van der Waals surface area contributed by atoms with E-state index in [1.54, 1.807) is 23.1 Å². The minimum Gasteiger partial charge on any atom is -0.473 e. The molecule has 3 rings (SSSR count). The van der Waals surface area contributed by atoms with Crippen molar-refractivity contribution in [2.45, 2.75) is 71.9 Å². The van der Waals surface area contributed by atoms with E-state index in [9.17, 15) is 13.2 Å². The normalized spacial score (nSPS) is 13.8. The second-order valence-corrected chi connectivity index (χ2v) is 8.39. The van der Waals surface area contributed by atoms with Crippen molar-refractivity contribution in [3.8, 4) is 5.88 Å². The molecule has 1 aromatic carbocycles. The summed E-state index contributed by atoms with van der Waals surface area (Å²) in [5, 5.41) is 0.0569. The number of hydrogen-bond donors (Lipinski definition) is 0. The van der Waals surface area contributed by atoms with Gasteiger partial charge in [0.1, 0.15) is 12.4 Å². The molecule has 1 heterocycles. The topological polar surface area (TPSA) is 38.3 Å². The summed E-state index contributed by atoms with van der Waals surface area (Å²) in [5.41, 5.74) is 1.09. The van der Waals surface area contributed by atoms with Gasteiger partial charge in [0.25, 0.3) is 5.92 Å². The van der Waals surface area contributed by atoms with Crippen LogP contribution in [-0.2, 0) is 6.61 Å². The van der Waals surface area contributed by atoms with Crippen molar-refractivity contribution in [3.05, 3.63) is 71.0 Å². The largest absolute Gasteiger partial charge is 0.473 e. The van der Waals surface area contributed by atoms with E-state index in [0.29, 0.717) is 11.3 Å². The molecule has 2 aromatic rings.